The number of carbonyl (C=O) groups excluding carboxylic acids is 3. The van der Waals surface area contributed by atoms with Crippen LogP contribution in [0.2, 0.25) is 10.0 Å². The zero-order chi connectivity index (χ0) is 34.2. The Hall–Kier alpha value is -3.18. The van der Waals surface area contributed by atoms with E-state index in [4.69, 9.17) is 32.7 Å². The molecule has 0 radical (unpaired) electrons. The van der Waals surface area contributed by atoms with E-state index >= 15 is 0 Å². The summed E-state index contributed by atoms with van der Waals surface area (Å²) in [5.41, 5.74) is 0.798. The molecular formula is C36H43Cl2N3O6S. The fourth-order valence-electron chi connectivity index (χ4n) is 7.03. The number of amides is 1. The first-order valence-corrected chi connectivity index (χ1v) is 18.6. The van der Waals surface area contributed by atoms with Gasteiger partial charge < -0.3 is 19.7 Å². The summed E-state index contributed by atoms with van der Waals surface area (Å²) in [6, 6.07) is 14.3. The van der Waals surface area contributed by atoms with Crippen LogP contribution in [0.3, 0.4) is 0 Å². The number of methoxy groups -OCH3 is 2. The van der Waals surface area contributed by atoms with E-state index in [0.29, 0.717) is 24.0 Å². The maximum Gasteiger partial charge on any atom is 0.336 e. The molecule has 0 aromatic heterocycles. The van der Waals surface area contributed by atoms with Crippen LogP contribution in [0.1, 0.15) is 62.8 Å². The summed E-state index contributed by atoms with van der Waals surface area (Å²) in [6.07, 6.45) is 8.59. The summed E-state index contributed by atoms with van der Waals surface area (Å²) >= 11 is 13.4. The molecule has 1 saturated heterocycles. The molecule has 1 saturated carbocycles. The number of piperazine rings is 1. The predicted molar refractivity (Wildman–Crippen MR) is 187 cm³/mol. The standard InChI is InChI=1S/C36H43Cl2N3O6S/c1-46-35(43)32-28(22-30(42)41-20-18-40(19-21-41)24-12-7-4-3-5-8-13-24)39-29(23-48(45)25-14-9-6-10-15-25)33(36(44)47-2)34(32)31-26(37)16-11-17-27(31)38/h6,9-11,14-17,24,34,39H,3-5,7-8,12-13,18-23H2,1-2H3. The third-order valence-electron chi connectivity index (χ3n) is 9.50. The maximum atomic E-state index is 14.0. The van der Waals surface area contributed by atoms with E-state index < -0.39 is 28.7 Å². The van der Waals surface area contributed by atoms with Crippen LogP contribution in [0.15, 0.2) is 76.0 Å². The van der Waals surface area contributed by atoms with E-state index in [-0.39, 0.29) is 56.2 Å². The molecule has 2 atom stereocenters. The number of dihydropyridines is 1. The second-order valence-corrected chi connectivity index (χ2v) is 14.6. The van der Waals surface area contributed by atoms with Crippen LogP contribution >= 0.6 is 23.2 Å². The van der Waals surface area contributed by atoms with Crippen molar-refractivity contribution in [2.75, 3.05) is 46.2 Å². The molecule has 1 amide bonds. The van der Waals surface area contributed by atoms with Crippen LogP contribution in [-0.2, 0) is 34.7 Å². The predicted octanol–water partition coefficient (Wildman–Crippen LogP) is 5.99. The molecule has 2 aromatic rings. The minimum absolute atomic E-state index is 0.0150. The molecule has 2 fully saturated rings. The lowest BCUT2D eigenvalue weighted by atomic mass is 9.79. The molecule has 0 bridgehead atoms. The van der Waals surface area contributed by atoms with Crippen LogP contribution in [0.5, 0.6) is 0 Å². The molecule has 1 aliphatic carbocycles. The van der Waals surface area contributed by atoms with Gasteiger partial charge in [-0.05, 0) is 37.1 Å². The van der Waals surface area contributed by atoms with Crippen LogP contribution in [0.25, 0.3) is 0 Å². The molecule has 12 heteroatoms. The first-order chi connectivity index (χ1) is 23.2. The molecule has 3 aliphatic rings. The second kappa shape index (κ2) is 17.0. The Labute approximate surface area is 295 Å². The minimum atomic E-state index is -1.60. The average Bonchev–Trinajstić information content (AvgIpc) is 3.08. The summed E-state index contributed by atoms with van der Waals surface area (Å²) < 4.78 is 24.1. The van der Waals surface area contributed by atoms with Gasteiger partial charge in [0.2, 0.25) is 5.91 Å². The number of ether oxygens (including phenoxy) is 2. The Morgan fingerprint density at radius 3 is 1.94 bits per heavy atom. The SMILES string of the molecule is COC(=O)C1=C(CC(=O)N2CCN(C3CCCCCCC3)CC2)NC(CS(=O)c2ccccc2)=C(C(=O)OC)C1c1c(Cl)cccc1Cl. The third kappa shape index (κ3) is 8.33. The van der Waals surface area contributed by atoms with E-state index in [2.05, 4.69) is 10.2 Å². The van der Waals surface area contributed by atoms with Crippen molar-refractivity contribution < 1.29 is 28.1 Å². The Morgan fingerprint density at radius 1 is 0.792 bits per heavy atom. The van der Waals surface area contributed by atoms with Crippen LogP contribution < -0.4 is 5.32 Å². The molecule has 0 spiro atoms. The number of carbonyl (C=O) groups is 3. The summed E-state index contributed by atoms with van der Waals surface area (Å²) in [4.78, 5) is 46.1. The molecule has 258 valence electrons. The molecule has 2 heterocycles. The van der Waals surface area contributed by atoms with Crippen molar-refractivity contribution in [1.29, 1.82) is 0 Å². The van der Waals surface area contributed by atoms with Gasteiger partial charge in [-0.15, -0.1) is 0 Å². The fraction of sp³-hybridized carbons (Fsp3) is 0.472. The lowest BCUT2D eigenvalue weighted by molar-refractivity contribution is -0.137. The van der Waals surface area contributed by atoms with Crippen molar-refractivity contribution in [3.05, 3.63) is 86.7 Å². The van der Waals surface area contributed by atoms with Gasteiger partial charge in [0, 0.05) is 64.1 Å². The van der Waals surface area contributed by atoms with E-state index in [1.54, 1.807) is 42.5 Å². The van der Waals surface area contributed by atoms with E-state index in [1.807, 2.05) is 11.0 Å². The van der Waals surface area contributed by atoms with Gasteiger partial charge in [0.25, 0.3) is 0 Å². The number of esters is 2. The Kier molecular flexibility index (Phi) is 12.8. The number of nitrogens with zero attached hydrogens (tertiary/aromatic N) is 2. The van der Waals surface area contributed by atoms with Crippen LogP contribution in [-0.4, -0.2) is 84.0 Å². The minimum Gasteiger partial charge on any atom is -0.466 e. The number of halogens is 2. The van der Waals surface area contributed by atoms with Gasteiger partial charge >= 0.3 is 11.9 Å². The van der Waals surface area contributed by atoms with Gasteiger partial charge in [-0.3, -0.25) is 13.9 Å². The smallest absolute Gasteiger partial charge is 0.336 e. The highest BCUT2D eigenvalue weighted by Gasteiger charge is 2.42. The molecule has 9 nitrogen and oxygen atoms in total. The van der Waals surface area contributed by atoms with E-state index in [9.17, 15) is 18.6 Å². The summed E-state index contributed by atoms with van der Waals surface area (Å²) in [6.45, 7) is 2.73. The number of hydrogen-bond donors (Lipinski definition) is 1. The fourth-order valence-corrected chi connectivity index (χ4v) is 8.76. The summed E-state index contributed by atoms with van der Waals surface area (Å²) in [5, 5.41) is 3.60. The number of hydrogen-bond acceptors (Lipinski definition) is 8. The Bertz CT molecular complexity index is 1560. The van der Waals surface area contributed by atoms with Crippen molar-refractivity contribution in [2.45, 2.75) is 68.2 Å². The highest BCUT2D eigenvalue weighted by atomic mass is 35.5. The molecule has 2 aromatic carbocycles. The quantitative estimate of drug-likeness (QED) is 0.316. The molecule has 2 unspecified atom stereocenters. The van der Waals surface area contributed by atoms with Crippen molar-refractivity contribution in [3.8, 4) is 0 Å². The van der Waals surface area contributed by atoms with Gasteiger partial charge in [-0.1, -0.05) is 79.6 Å². The molecule has 1 N–H and O–H groups in total. The van der Waals surface area contributed by atoms with Gasteiger partial charge in [0.1, 0.15) is 0 Å². The van der Waals surface area contributed by atoms with Gasteiger partial charge in [-0.2, -0.15) is 0 Å². The normalized spacial score (nSPS) is 20.4. The van der Waals surface area contributed by atoms with Crippen molar-refractivity contribution in [1.82, 2.24) is 15.1 Å². The highest BCUT2D eigenvalue weighted by molar-refractivity contribution is 7.85. The molecule has 5 rings (SSSR count). The number of nitrogens with one attached hydrogen (secondary N) is 1. The molecule has 2 aliphatic heterocycles. The molecule has 48 heavy (non-hydrogen) atoms. The highest BCUT2D eigenvalue weighted by Crippen LogP contribution is 2.45. The molecular weight excluding hydrogens is 673 g/mol. The van der Waals surface area contributed by atoms with Gasteiger partial charge in [0.05, 0.1) is 54.3 Å². The van der Waals surface area contributed by atoms with Gasteiger partial charge in [0.15, 0.2) is 0 Å². The zero-order valence-electron chi connectivity index (χ0n) is 27.5. The van der Waals surface area contributed by atoms with Crippen molar-refractivity contribution in [3.63, 3.8) is 0 Å². The monoisotopic (exact) mass is 715 g/mol. The number of rotatable bonds is 9. The van der Waals surface area contributed by atoms with Crippen LogP contribution in [0.4, 0.5) is 0 Å². The van der Waals surface area contributed by atoms with Gasteiger partial charge in [-0.25, -0.2) is 9.59 Å². The lowest BCUT2D eigenvalue weighted by Crippen LogP contribution is -2.52. The van der Waals surface area contributed by atoms with Crippen LogP contribution in [0, 0.1) is 0 Å². The van der Waals surface area contributed by atoms with E-state index in [0.717, 1.165) is 13.1 Å². The zero-order valence-corrected chi connectivity index (χ0v) is 29.8. The lowest BCUT2D eigenvalue weighted by Gasteiger charge is -2.40. The first kappa shape index (κ1) is 36.1. The summed E-state index contributed by atoms with van der Waals surface area (Å²) in [5.74, 6) is -2.98. The summed E-state index contributed by atoms with van der Waals surface area (Å²) in [7, 11) is 0.857. The third-order valence-corrected chi connectivity index (χ3v) is 11.5. The largest absolute Gasteiger partial charge is 0.466 e. The topological polar surface area (TPSA) is 105 Å². The second-order valence-electron chi connectivity index (χ2n) is 12.4. The van der Waals surface area contributed by atoms with Crippen molar-refractivity contribution >= 4 is 51.8 Å². The Balaban J connectivity index is 1.50. The Morgan fingerprint density at radius 2 is 1.35 bits per heavy atom. The first-order valence-electron chi connectivity index (χ1n) is 16.5. The maximum absolute atomic E-state index is 14.0. The number of benzene rings is 2. The van der Waals surface area contributed by atoms with E-state index in [1.165, 1.54) is 59.2 Å². The average molecular weight is 717 g/mol. The van der Waals surface area contributed by atoms with Crippen molar-refractivity contribution in [2.24, 2.45) is 0 Å².